The van der Waals surface area contributed by atoms with Crippen molar-refractivity contribution in [3.63, 3.8) is 0 Å². The van der Waals surface area contributed by atoms with Gasteiger partial charge in [-0.25, -0.2) is 0 Å². The fraction of sp³-hybridized carbons (Fsp3) is 0.600. The highest BCUT2D eigenvalue weighted by atomic mass is 31.2. The van der Waals surface area contributed by atoms with Gasteiger partial charge in [-0.3, -0.25) is 4.57 Å². The highest BCUT2D eigenvalue weighted by Gasteiger charge is 2.49. The quantitative estimate of drug-likeness (QED) is 0.816. The predicted molar refractivity (Wildman–Crippen MR) is 81.1 cm³/mol. The minimum absolute atomic E-state index is 0.223. The van der Waals surface area contributed by atoms with Crippen LogP contribution in [0.5, 0.6) is 0 Å². The molecule has 1 aromatic carbocycles. The number of benzene rings is 1. The molecule has 0 aliphatic carbocycles. The second kappa shape index (κ2) is 5.98. The highest BCUT2D eigenvalue weighted by molar-refractivity contribution is 7.52. The Balaban J connectivity index is 3.76. The maximum atomic E-state index is 12.1. The Kier molecular flexibility index (Phi) is 5.20. The minimum atomic E-state index is -4.45. The number of rotatable bonds is 5. The summed E-state index contributed by atoms with van der Waals surface area (Å²) in [6.45, 7) is 9.61. The van der Waals surface area contributed by atoms with Crippen molar-refractivity contribution in [3.05, 3.63) is 33.9 Å². The van der Waals surface area contributed by atoms with Crippen molar-refractivity contribution >= 4 is 7.60 Å². The average molecular weight is 300 g/mol. The monoisotopic (exact) mass is 300 g/mol. The third kappa shape index (κ3) is 2.58. The Morgan fingerprint density at radius 2 is 1.75 bits per heavy atom. The van der Waals surface area contributed by atoms with Gasteiger partial charge in [0.15, 0.2) is 5.34 Å². The molecule has 1 rings (SSSR count). The molecule has 0 saturated carbocycles. The molecule has 0 bridgehead atoms. The van der Waals surface area contributed by atoms with Gasteiger partial charge in [0.1, 0.15) is 0 Å². The maximum absolute atomic E-state index is 12.1. The van der Waals surface area contributed by atoms with Gasteiger partial charge in [-0.05, 0) is 55.9 Å². The Morgan fingerprint density at radius 3 is 2.10 bits per heavy atom. The van der Waals surface area contributed by atoms with Gasteiger partial charge < -0.3 is 14.5 Å². The number of methoxy groups -OCH3 is 1. The van der Waals surface area contributed by atoms with Crippen LogP contribution in [0, 0.1) is 20.8 Å². The van der Waals surface area contributed by atoms with E-state index in [0.29, 0.717) is 5.56 Å². The minimum Gasteiger partial charge on any atom is -0.361 e. The number of hydrogen-bond acceptors (Lipinski definition) is 2. The summed E-state index contributed by atoms with van der Waals surface area (Å²) in [5.74, 6) is 0. The molecule has 0 fully saturated rings. The van der Waals surface area contributed by atoms with Crippen LogP contribution in [0.25, 0.3) is 0 Å². The molecule has 0 amide bonds. The van der Waals surface area contributed by atoms with Crippen LogP contribution in [-0.4, -0.2) is 16.9 Å². The zero-order valence-corrected chi connectivity index (χ0v) is 14.0. The summed E-state index contributed by atoms with van der Waals surface area (Å²) in [5, 5.41) is -1.56. The van der Waals surface area contributed by atoms with Gasteiger partial charge in [0.2, 0.25) is 0 Å². The summed E-state index contributed by atoms with van der Waals surface area (Å²) in [4.78, 5) is 19.7. The molecule has 114 valence electrons. The molecule has 0 radical (unpaired) electrons. The lowest BCUT2D eigenvalue weighted by Crippen LogP contribution is -2.30. The zero-order chi connectivity index (χ0) is 15.7. The normalized spacial score (nSPS) is 15.2. The zero-order valence-electron chi connectivity index (χ0n) is 13.1. The maximum Gasteiger partial charge on any atom is 0.361 e. The van der Waals surface area contributed by atoms with Crippen molar-refractivity contribution in [3.8, 4) is 0 Å². The Hall–Kier alpha value is -0.670. The van der Waals surface area contributed by atoms with E-state index in [-0.39, 0.29) is 6.42 Å². The third-order valence-electron chi connectivity index (χ3n) is 4.26. The van der Waals surface area contributed by atoms with Gasteiger partial charge in [-0.1, -0.05) is 19.9 Å². The van der Waals surface area contributed by atoms with Crippen molar-refractivity contribution in [1.82, 2.24) is 0 Å². The van der Waals surface area contributed by atoms with E-state index in [2.05, 4.69) is 6.92 Å². The first-order chi connectivity index (χ1) is 9.16. The molecule has 20 heavy (non-hydrogen) atoms. The second-order valence-corrected chi connectivity index (χ2v) is 7.03. The lowest BCUT2D eigenvalue weighted by molar-refractivity contribution is 0.0306. The topological polar surface area (TPSA) is 66.8 Å². The first kappa shape index (κ1) is 17.4. The van der Waals surface area contributed by atoms with Crippen LogP contribution in [0.2, 0.25) is 0 Å². The van der Waals surface area contributed by atoms with Gasteiger partial charge in [-0.2, -0.15) is 0 Å². The second-order valence-electron chi connectivity index (χ2n) is 5.22. The SMILES string of the molecule is CCc1cc(C)c(C(CC)(OC)P(=O)(O)O)c(C)c1C. The Labute approximate surface area is 121 Å². The number of aryl methyl sites for hydroxylation is 2. The van der Waals surface area contributed by atoms with Crippen molar-refractivity contribution in [2.45, 2.75) is 52.8 Å². The van der Waals surface area contributed by atoms with Gasteiger partial charge in [0.05, 0.1) is 0 Å². The van der Waals surface area contributed by atoms with E-state index in [4.69, 9.17) is 4.74 Å². The molecule has 1 unspecified atom stereocenters. The molecule has 4 nitrogen and oxygen atoms in total. The van der Waals surface area contributed by atoms with Crippen LogP contribution in [0.3, 0.4) is 0 Å². The van der Waals surface area contributed by atoms with E-state index >= 15 is 0 Å². The Bertz CT molecular complexity index is 541. The van der Waals surface area contributed by atoms with Crippen molar-refractivity contribution in [1.29, 1.82) is 0 Å². The first-order valence-electron chi connectivity index (χ1n) is 6.87. The largest absolute Gasteiger partial charge is 0.361 e. The molecule has 0 aliphatic rings. The van der Waals surface area contributed by atoms with E-state index in [1.807, 2.05) is 26.8 Å². The van der Waals surface area contributed by atoms with Crippen LogP contribution in [0.1, 0.15) is 48.1 Å². The fourth-order valence-electron chi connectivity index (χ4n) is 3.03. The van der Waals surface area contributed by atoms with Crippen LogP contribution in [0.4, 0.5) is 0 Å². The molecule has 5 heteroatoms. The first-order valence-corrected chi connectivity index (χ1v) is 8.48. The lowest BCUT2D eigenvalue weighted by Gasteiger charge is -2.35. The van der Waals surface area contributed by atoms with E-state index in [1.165, 1.54) is 12.7 Å². The van der Waals surface area contributed by atoms with Crippen LogP contribution < -0.4 is 0 Å². The van der Waals surface area contributed by atoms with E-state index < -0.39 is 12.9 Å². The number of hydrogen-bond donors (Lipinski definition) is 2. The molecule has 0 aliphatic heterocycles. The van der Waals surface area contributed by atoms with Gasteiger partial charge in [0.25, 0.3) is 0 Å². The molecule has 0 aromatic heterocycles. The molecule has 0 spiro atoms. The smallest absolute Gasteiger partial charge is 0.361 e. The number of ether oxygens (including phenoxy) is 1. The Morgan fingerprint density at radius 1 is 1.20 bits per heavy atom. The molecule has 1 atom stereocenters. The summed E-state index contributed by atoms with van der Waals surface area (Å²) < 4.78 is 17.4. The predicted octanol–water partition coefficient (Wildman–Crippen LogP) is 3.56. The molecule has 2 N–H and O–H groups in total. The van der Waals surface area contributed by atoms with Crippen LogP contribution in [-0.2, 0) is 21.1 Å². The van der Waals surface area contributed by atoms with Crippen molar-refractivity contribution < 1.29 is 19.1 Å². The van der Waals surface area contributed by atoms with Crippen molar-refractivity contribution in [2.75, 3.05) is 7.11 Å². The van der Waals surface area contributed by atoms with Crippen molar-refractivity contribution in [2.24, 2.45) is 0 Å². The fourth-order valence-corrected chi connectivity index (χ4v) is 4.31. The van der Waals surface area contributed by atoms with Gasteiger partial charge in [-0.15, -0.1) is 0 Å². The lowest BCUT2D eigenvalue weighted by atomic mass is 9.88. The highest BCUT2D eigenvalue weighted by Crippen LogP contribution is 2.60. The molecular formula is C15H25O4P. The summed E-state index contributed by atoms with van der Waals surface area (Å²) in [6.07, 6.45) is 1.12. The van der Waals surface area contributed by atoms with Gasteiger partial charge >= 0.3 is 7.60 Å². The summed E-state index contributed by atoms with van der Waals surface area (Å²) in [7, 11) is -3.08. The molecule has 0 heterocycles. The van der Waals surface area contributed by atoms with E-state index in [0.717, 1.165) is 23.1 Å². The molecule has 1 aromatic rings. The van der Waals surface area contributed by atoms with E-state index in [9.17, 15) is 14.4 Å². The van der Waals surface area contributed by atoms with Crippen LogP contribution >= 0.6 is 7.60 Å². The molecule has 0 saturated heterocycles. The van der Waals surface area contributed by atoms with E-state index in [1.54, 1.807) is 6.92 Å². The third-order valence-corrected chi connectivity index (χ3v) is 5.93. The standard InChI is InChI=1S/C15H25O4P/c1-7-13-9-10(3)14(12(5)11(13)4)15(8-2,19-6)20(16,17)18/h9H,7-8H2,1-6H3,(H2,16,17,18). The summed E-state index contributed by atoms with van der Waals surface area (Å²) >= 11 is 0. The van der Waals surface area contributed by atoms with Gasteiger partial charge in [0, 0.05) is 12.7 Å². The summed E-state index contributed by atoms with van der Waals surface area (Å²) in [5.41, 5.74) is 4.70. The average Bonchev–Trinajstić information content (AvgIpc) is 2.37. The molecular weight excluding hydrogens is 275 g/mol. The van der Waals surface area contributed by atoms with Crippen LogP contribution in [0.15, 0.2) is 6.07 Å². The summed E-state index contributed by atoms with van der Waals surface area (Å²) in [6, 6.07) is 2.01.